The maximum atomic E-state index is 11.1. The Morgan fingerprint density at radius 3 is 2.67 bits per heavy atom. The lowest BCUT2D eigenvalue weighted by atomic mass is 10.1. The minimum Gasteiger partial charge on any atom is -0.493 e. The van der Waals surface area contributed by atoms with Gasteiger partial charge in [0.15, 0.2) is 4.80 Å². The number of rotatable bonds is 3. The van der Waals surface area contributed by atoms with Gasteiger partial charge in [-0.1, -0.05) is 59.3 Å². The summed E-state index contributed by atoms with van der Waals surface area (Å²) in [5.74, 6) is 0.111. The zero-order valence-corrected chi connectivity index (χ0v) is 17.2. The van der Waals surface area contributed by atoms with Crippen molar-refractivity contribution >= 4 is 52.2 Å². The second kappa shape index (κ2) is 7.74. The van der Waals surface area contributed by atoms with Crippen LogP contribution in [0.2, 0.25) is 5.02 Å². The summed E-state index contributed by atoms with van der Waals surface area (Å²) in [4.78, 5) is 14.4. The Kier molecular flexibility index (Phi) is 4.78. The third-order valence-corrected chi connectivity index (χ3v) is 5.92. The second-order valence-corrected chi connectivity index (χ2v) is 7.97. The molecule has 0 fully saturated rings. The summed E-state index contributed by atoms with van der Waals surface area (Å²) in [7, 11) is 0. The monoisotopic (exact) mass is 430 g/mol. The highest BCUT2D eigenvalue weighted by atomic mass is 35.5. The van der Waals surface area contributed by atoms with E-state index >= 15 is 0 Å². The Morgan fingerprint density at radius 1 is 1.03 bits per heavy atom. The Morgan fingerprint density at radius 2 is 1.83 bits per heavy atom. The molecule has 4 aromatic rings. The van der Waals surface area contributed by atoms with Crippen molar-refractivity contribution < 1.29 is 5.11 Å². The van der Waals surface area contributed by atoms with Crippen LogP contribution in [0.15, 0.2) is 83.0 Å². The lowest BCUT2D eigenvalue weighted by Crippen LogP contribution is -2.11. The van der Waals surface area contributed by atoms with Gasteiger partial charge >= 0.3 is 0 Å². The number of hydrogen-bond acceptors (Lipinski definition) is 5. The third kappa shape index (κ3) is 3.36. The summed E-state index contributed by atoms with van der Waals surface area (Å²) in [6.45, 7) is 0. The number of thiazole rings is 1. The zero-order valence-electron chi connectivity index (χ0n) is 15.6. The summed E-state index contributed by atoms with van der Waals surface area (Å²) in [6.07, 6.45) is 6.94. The first-order valence-corrected chi connectivity index (χ1v) is 10.4. The van der Waals surface area contributed by atoms with Crippen molar-refractivity contribution in [2.24, 2.45) is 9.98 Å². The van der Waals surface area contributed by atoms with Crippen molar-refractivity contribution in [1.82, 2.24) is 9.55 Å². The van der Waals surface area contributed by atoms with E-state index in [2.05, 4.69) is 9.98 Å². The van der Waals surface area contributed by atoms with Crippen molar-refractivity contribution in [3.8, 4) is 11.6 Å². The maximum absolute atomic E-state index is 11.1. The number of aliphatic imine (C=N–C) groups is 1. The van der Waals surface area contributed by atoms with Crippen LogP contribution in [0.3, 0.4) is 0 Å². The van der Waals surface area contributed by atoms with Crippen molar-refractivity contribution in [2.45, 2.75) is 0 Å². The van der Waals surface area contributed by atoms with Crippen molar-refractivity contribution in [3.05, 3.63) is 93.3 Å². The molecule has 3 heterocycles. The van der Waals surface area contributed by atoms with Gasteiger partial charge in [0.05, 0.1) is 27.0 Å². The standard InChI is InChI=1S/C23H15ClN4OS/c24-18-14-25-11-10-20(18)27-23-28(16-6-2-1-3-7-16)22(29)21(30-23)12-15-13-26-19-9-5-4-8-17(15)19/h1-14,29H/b15-12+,27-23?. The average molecular weight is 431 g/mol. The van der Waals surface area contributed by atoms with Crippen LogP contribution in [0.4, 0.5) is 11.4 Å². The van der Waals surface area contributed by atoms with E-state index in [0.29, 0.717) is 20.4 Å². The van der Waals surface area contributed by atoms with E-state index < -0.39 is 0 Å². The summed E-state index contributed by atoms with van der Waals surface area (Å²) < 4.78 is 1.71. The van der Waals surface area contributed by atoms with Crippen LogP contribution >= 0.6 is 22.9 Å². The minimum atomic E-state index is 0.111. The SMILES string of the molecule is Oc1c(/C=C2\C=Nc3ccccc32)sc(=Nc2ccncc2Cl)n1-c1ccccc1. The number of pyridine rings is 1. The second-order valence-electron chi connectivity index (χ2n) is 6.56. The Balaban J connectivity index is 1.72. The number of aromatic hydroxyl groups is 1. The molecular weight excluding hydrogens is 416 g/mol. The van der Waals surface area contributed by atoms with Gasteiger partial charge < -0.3 is 5.11 Å². The molecule has 0 spiro atoms. The highest BCUT2D eigenvalue weighted by molar-refractivity contribution is 7.10. The van der Waals surface area contributed by atoms with E-state index in [9.17, 15) is 5.11 Å². The number of aromatic nitrogens is 2. The van der Waals surface area contributed by atoms with Gasteiger partial charge in [-0.25, -0.2) is 4.99 Å². The van der Waals surface area contributed by atoms with E-state index in [1.807, 2.05) is 66.9 Å². The molecule has 0 aliphatic carbocycles. The van der Waals surface area contributed by atoms with E-state index in [1.165, 1.54) is 11.3 Å². The van der Waals surface area contributed by atoms with E-state index in [-0.39, 0.29) is 5.88 Å². The molecule has 30 heavy (non-hydrogen) atoms. The molecule has 5 nitrogen and oxygen atoms in total. The molecule has 0 bridgehead atoms. The van der Waals surface area contributed by atoms with Crippen LogP contribution < -0.4 is 4.80 Å². The quantitative estimate of drug-likeness (QED) is 0.447. The van der Waals surface area contributed by atoms with Crippen LogP contribution in [-0.4, -0.2) is 20.9 Å². The van der Waals surface area contributed by atoms with E-state index in [1.54, 1.807) is 23.0 Å². The molecule has 0 atom stereocenters. The molecule has 0 saturated heterocycles. The molecule has 0 saturated carbocycles. The number of allylic oxidation sites excluding steroid dienone is 1. The number of halogens is 1. The molecule has 1 N–H and O–H groups in total. The molecule has 2 aromatic carbocycles. The number of hydrogen-bond donors (Lipinski definition) is 1. The normalized spacial score (nSPS) is 14.4. The topological polar surface area (TPSA) is 62.8 Å². The first kappa shape index (κ1) is 18.5. The minimum absolute atomic E-state index is 0.111. The molecule has 2 aromatic heterocycles. The number of nitrogens with zero attached hydrogens (tertiary/aromatic N) is 4. The fourth-order valence-electron chi connectivity index (χ4n) is 3.22. The molecule has 0 unspecified atom stereocenters. The Bertz CT molecular complexity index is 1370. The lowest BCUT2D eigenvalue weighted by Gasteiger charge is -2.05. The predicted molar refractivity (Wildman–Crippen MR) is 122 cm³/mol. The smallest absolute Gasteiger partial charge is 0.215 e. The molecule has 5 rings (SSSR count). The van der Waals surface area contributed by atoms with Gasteiger partial charge in [0, 0.05) is 29.7 Å². The van der Waals surface area contributed by atoms with Gasteiger partial charge in [-0.3, -0.25) is 14.5 Å². The molecule has 7 heteroatoms. The fraction of sp³-hybridized carbons (Fsp3) is 0. The van der Waals surface area contributed by atoms with Crippen molar-refractivity contribution in [1.29, 1.82) is 0 Å². The maximum Gasteiger partial charge on any atom is 0.215 e. The summed E-state index contributed by atoms with van der Waals surface area (Å²) in [5, 5.41) is 11.5. The van der Waals surface area contributed by atoms with Gasteiger partial charge in [0.2, 0.25) is 5.88 Å². The fourth-order valence-corrected chi connectivity index (χ4v) is 4.38. The van der Waals surface area contributed by atoms with Crippen molar-refractivity contribution in [3.63, 3.8) is 0 Å². The van der Waals surface area contributed by atoms with Crippen LogP contribution in [0.25, 0.3) is 17.3 Å². The lowest BCUT2D eigenvalue weighted by molar-refractivity contribution is 0.439. The third-order valence-electron chi connectivity index (χ3n) is 4.65. The molecule has 146 valence electrons. The van der Waals surface area contributed by atoms with E-state index in [0.717, 1.165) is 22.5 Å². The van der Waals surface area contributed by atoms with Gasteiger partial charge in [-0.05, 0) is 30.3 Å². The largest absolute Gasteiger partial charge is 0.493 e. The first-order chi connectivity index (χ1) is 14.7. The molecule has 0 radical (unpaired) electrons. The zero-order chi connectivity index (χ0) is 20.5. The number of fused-ring (bicyclic) bond motifs is 1. The highest BCUT2D eigenvalue weighted by Crippen LogP contribution is 2.35. The predicted octanol–water partition coefficient (Wildman–Crippen LogP) is 5.78. The summed E-state index contributed by atoms with van der Waals surface area (Å²) >= 11 is 7.64. The molecule has 1 aliphatic heterocycles. The van der Waals surface area contributed by atoms with Crippen LogP contribution in [0, 0.1) is 0 Å². The van der Waals surface area contributed by atoms with Crippen LogP contribution in [0.1, 0.15) is 10.4 Å². The highest BCUT2D eigenvalue weighted by Gasteiger charge is 2.17. The van der Waals surface area contributed by atoms with Gasteiger partial charge in [-0.15, -0.1) is 0 Å². The first-order valence-electron chi connectivity index (χ1n) is 9.20. The van der Waals surface area contributed by atoms with Gasteiger partial charge in [-0.2, -0.15) is 0 Å². The molecule has 1 aliphatic rings. The molecular formula is C23H15ClN4OS. The van der Waals surface area contributed by atoms with E-state index in [4.69, 9.17) is 16.6 Å². The van der Waals surface area contributed by atoms with Crippen molar-refractivity contribution in [2.75, 3.05) is 0 Å². The number of para-hydroxylation sites is 2. The number of benzene rings is 2. The van der Waals surface area contributed by atoms with Gasteiger partial charge in [0.25, 0.3) is 0 Å². The molecule has 0 amide bonds. The average Bonchev–Trinajstić information content (AvgIpc) is 3.32. The Hall–Kier alpha value is -3.48. The van der Waals surface area contributed by atoms with Crippen LogP contribution in [0.5, 0.6) is 5.88 Å². The summed E-state index contributed by atoms with van der Waals surface area (Å²) in [6, 6.07) is 19.3. The summed E-state index contributed by atoms with van der Waals surface area (Å²) in [5.41, 5.74) is 4.29. The Labute approximate surface area is 181 Å². The van der Waals surface area contributed by atoms with Crippen LogP contribution in [-0.2, 0) is 0 Å². The van der Waals surface area contributed by atoms with Gasteiger partial charge in [0.1, 0.15) is 0 Å².